The van der Waals surface area contributed by atoms with Crippen molar-refractivity contribution in [1.82, 2.24) is 15.3 Å². The van der Waals surface area contributed by atoms with Crippen LogP contribution in [0.2, 0.25) is 0 Å². The van der Waals surface area contributed by atoms with Crippen molar-refractivity contribution >= 4 is 16.7 Å². The molecule has 1 aromatic carbocycles. The number of hydrogen-bond donors (Lipinski definition) is 2. The summed E-state index contributed by atoms with van der Waals surface area (Å²) < 4.78 is 6.15. The Morgan fingerprint density at radius 1 is 1.24 bits per heavy atom. The zero-order valence-electron chi connectivity index (χ0n) is 12.0. The van der Waals surface area contributed by atoms with Gasteiger partial charge in [0.25, 0.3) is 0 Å². The molecule has 2 saturated heterocycles. The van der Waals surface area contributed by atoms with Gasteiger partial charge in [-0.1, -0.05) is 0 Å². The lowest BCUT2D eigenvalue weighted by Crippen LogP contribution is -2.41. The molecule has 110 valence electrons. The molecule has 2 aromatic rings. The standard InChI is InChI=1S/C16H20N4O/c17-12-1-2-13-14(7-12)20-15(9-19-13)11-8-16(21-10-11)3-5-18-6-4-16/h1-2,7,9,11,18H,3-6,8,10,17H2. The van der Waals surface area contributed by atoms with Gasteiger partial charge in [0.05, 0.1) is 28.9 Å². The fourth-order valence-electron chi connectivity index (χ4n) is 3.50. The van der Waals surface area contributed by atoms with E-state index in [4.69, 9.17) is 15.5 Å². The number of rotatable bonds is 1. The zero-order valence-corrected chi connectivity index (χ0v) is 12.0. The summed E-state index contributed by atoms with van der Waals surface area (Å²) in [5, 5.41) is 3.40. The van der Waals surface area contributed by atoms with E-state index in [1.54, 1.807) is 0 Å². The first kappa shape index (κ1) is 13.0. The van der Waals surface area contributed by atoms with E-state index < -0.39 is 0 Å². The van der Waals surface area contributed by atoms with Crippen molar-refractivity contribution in [2.24, 2.45) is 0 Å². The highest BCUT2D eigenvalue weighted by atomic mass is 16.5. The van der Waals surface area contributed by atoms with Crippen LogP contribution < -0.4 is 11.1 Å². The number of aromatic nitrogens is 2. The molecule has 0 bridgehead atoms. The van der Waals surface area contributed by atoms with Crippen LogP contribution in [0.5, 0.6) is 0 Å². The predicted molar refractivity (Wildman–Crippen MR) is 82.1 cm³/mol. The Kier molecular flexibility index (Phi) is 3.05. The molecule has 0 saturated carbocycles. The molecule has 5 heteroatoms. The van der Waals surface area contributed by atoms with E-state index in [1.165, 1.54) is 0 Å². The van der Waals surface area contributed by atoms with Gasteiger partial charge in [0.1, 0.15) is 0 Å². The summed E-state index contributed by atoms with van der Waals surface area (Å²) in [6, 6.07) is 5.67. The van der Waals surface area contributed by atoms with Crippen molar-refractivity contribution in [3.05, 3.63) is 30.1 Å². The summed E-state index contributed by atoms with van der Waals surface area (Å²) in [6.45, 7) is 2.85. The number of anilines is 1. The SMILES string of the molecule is Nc1ccc2ncc(C3COC4(CCNCC4)C3)nc2c1. The van der Waals surface area contributed by atoms with E-state index in [1.807, 2.05) is 24.4 Å². The minimum atomic E-state index is 0.0578. The van der Waals surface area contributed by atoms with Crippen molar-refractivity contribution in [1.29, 1.82) is 0 Å². The quantitative estimate of drug-likeness (QED) is 0.782. The molecular formula is C16H20N4O. The normalized spacial score (nSPS) is 24.7. The van der Waals surface area contributed by atoms with E-state index >= 15 is 0 Å². The van der Waals surface area contributed by atoms with Crippen LogP contribution in [0.15, 0.2) is 24.4 Å². The number of ether oxygens (including phenoxy) is 1. The van der Waals surface area contributed by atoms with Gasteiger partial charge in [-0.05, 0) is 50.6 Å². The molecule has 1 unspecified atom stereocenters. The van der Waals surface area contributed by atoms with Crippen LogP contribution in [0, 0.1) is 0 Å². The molecule has 0 amide bonds. The number of piperidine rings is 1. The Balaban J connectivity index is 1.62. The van der Waals surface area contributed by atoms with Crippen molar-refractivity contribution in [2.75, 3.05) is 25.4 Å². The minimum absolute atomic E-state index is 0.0578. The van der Waals surface area contributed by atoms with Crippen LogP contribution in [-0.4, -0.2) is 35.3 Å². The first-order valence-electron chi connectivity index (χ1n) is 7.61. The maximum atomic E-state index is 6.15. The Hall–Kier alpha value is -1.72. The fourth-order valence-corrected chi connectivity index (χ4v) is 3.50. The Morgan fingerprint density at radius 3 is 2.95 bits per heavy atom. The van der Waals surface area contributed by atoms with Gasteiger partial charge in [0, 0.05) is 17.8 Å². The molecule has 3 N–H and O–H groups in total. The summed E-state index contributed by atoms with van der Waals surface area (Å²) in [7, 11) is 0. The average molecular weight is 284 g/mol. The molecule has 3 heterocycles. The number of hydrogen-bond acceptors (Lipinski definition) is 5. The third-order valence-electron chi connectivity index (χ3n) is 4.73. The molecule has 0 aliphatic carbocycles. The summed E-state index contributed by atoms with van der Waals surface area (Å²) in [5.74, 6) is 0.349. The lowest BCUT2D eigenvalue weighted by molar-refractivity contribution is -0.0193. The minimum Gasteiger partial charge on any atom is -0.399 e. The van der Waals surface area contributed by atoms with Crippen LogP contribution in [0.4, 0.5) is 5.69 Å². The second-order valence-corrected chi connectivity index (χ2v) is 6.19. The molecule has 0 radical (unpaired) electrons. The van der Waals surface area contributed by atoms with Crippen LogP contribution in [0.25, 0.3) is 11.0 Å². The second-order valence-electron chi connectivity index (χ2n) is 6.19. The highest BCUT2D eigenvalue weighted by Crippen LogP contribution is 2.41. The summed E-state index contributed by atoms with van der Waals surface area (Å²) in [4.78, 5) is 9.27. The number of benzene rings is 1. The lowest BCUT2D eigenvalue weighted by Gasteiger charge is -2.32. The van der Waals surface area contributed by atoms with Gasteiger partial charge in [-0.25, -0.2) is 4.98 Å². The largest absolute Gasteiger partial charge is 0.399 e. The molecule has 21 heavy (non-hydrogen) atoms. The molecule has 2 aliphatic rings. The first-order valence-corrected chi connectivity index (χ1v) is 7.61. The monoisotopic (exact) mass is 284 g/mol. The van der Waals surface area contributed by atoms with Crippen molar-refractivity contribution in [2.45, 2.75) is 30.8 Å². The van der Waals surface area contributed by atoms with Crippen LogP contribution >= 0.6 is 0 Å². The van der Waals surface area contributed by atoms with Crippen LogP contribution in [-0.2, 0) is 4.74 Å². The third kappa shape index (κ3) is 2.36. The maximum Gasteiger partial charge on any atom is 0.0910 e. The molecule has 1 atom stereocenters. The average Bonchev–Trinajstić information content (AvgIpc) is 2.91. The number of fused-ring (bicyclic) bond motifs is 1. The van der Waals surface area contributed by atoms with E-state index in [-0.39, 0.29) is 5.60 Å². The van der Waals surface area contributed by atoms with Gasteiger partial charge in [0.15, 0.2) is 0 Å². The van der Waals surface area contributed by atoms with E-state index in [2.05, 4.69) is 10.3 Å². The summed E-state index contributed by atoms with van der Waals surface area (Å²) in [5.41, 5.74) is 9.42. The Bertz CT molecular complexity index is 666. The van der Waals surface area contributed by atoms with Gasteiger partial charge < -0.3 is 15.8 Å². The highest BCUT2D eigenvalue weighted by Gasteiger charge is 2.42. The zero-order chi connectivity index (χ0) is 14.3. The molecular weight excluding hydrogens is 264 g/mol. The lowest BCUT2D eigenvalue weighted by atomic mass is 9.85. The highest BCUT2D eigenvalue weighted by molar-refractivity contribution is 5.77. The predicted octanol–water partition coefficient (Wildman–Crippen LogP) is 1.84. The molecule has 1 spiro atoms. The van der Waals surface area contributed by atoms with Gasteiger partial charge in [0.2, 0.25) is 0 Å². The summed E-state index contributed by atoms with van der Waals surface area (Å²) >= 11 is 0. The van der Waals surface area contributed by atoms with Crippen molar-refractivity contribution < 1.29 is 4.74 Å². The van der Waals surface area contributed by atoms with E-state index in [0.717, 1.165) is 61.4 Å². The number of nitrogens with two attached hydrogens (primary N) is 1. The Morgan fingerprint density at radius 2 is 2.10 bits per heavy atom. The van der Waals surface area contributed by atoms with Crippen molar-refractivity contribution in [3.8, 4) is 0 Å². The van der Waals surface area contributed by atoms with Gasteiger partial charge in [-0.2, -0.15) is 0 Å². The van der Waals surface area contributed by atoms with Gasteiger partial charge in [-0.15, -0.1) is 0 Å². The molecule has 1 aromatic heterocycles. The number of nitrogens with one attached hydrogen (secondary N) is 1. The fraction of sp³-hybridized carbons (Fsp3) is 0.500. The number of nitrogens with zero attached hydrogens (tertiary/aromatic N) is 2. The molecule has 2 aliphatic heterocycles. The maximum absolute atomic E-state index is 6.15. The molecule has 5 nitrogen and oxygen atoms in total. The van der Waals surface area contributed by atoms with Gasteiger partial charge in [-0.3, -0.25) is 4.98 Å². The van der Waals surface area contributed by atoms with Gasteiger partial charge >= 0.3 is 0 Å². The smallest absolute Gasteiger partial charge is 0.0910 e. The molecule has 2 fully saturated rings. The molecule has 4 rings (SSSR count). The van der Waals surface area contributed by atoms with E-state index in [0.29, 0.717) is 5.92 Å². The summed E-state index contributed by atoms with van der Waals surface area (Å²) in [6.07, 6.45) is 5.14. The van der Waals surface area contributed by atoms with E-state index in [9.17, 15) is 0 Å². The van der Waals surface area contributed by atoms with Crippen molar-refractivity contribution in [3.63, 3.8) is 0 Å². The Labute approximate surface area is 123 Å². The topological polar surface area (TPSA) is 73.1 Å². The van der Waals surface area contributed by atoms with Crippen LogP contribution in [0.3, 0.4) is 0 Å². The number of nitrogen functional groups attached to an aromatic ring is 1. The van der Waals surface area contributed by atoms with Crippen LogP contribution in [0.1, 0.15) is 30.9 Å². The second kappa shape index (κ2) is 4.93. The third-order valence-corrected chi connectivity index (χ3v) is 4.73. The first-order chi connectivity index (χ1) is 10.2.